The van der Waals surface area contributed by atoms with Crippen LogP contribution in [-0.2, 0) is 5.41 Å². The van der Waals surface area contributed by atoms with Crippen LogP contribution in [0.15, 0.2) is 34.7 Å². The molecule has 0 fully saturated rings. The molecule has 16 heavy (non-hydrogen) atoms. The Morgan fingerprint density at radius 3 is 2.44 bits per heavy atom. The van der Waals surface area contributed by atoms with E-state index in [9.17, 15) is 0 Å². The third-order valence-corrected chi connectivity index (χ3v) is 2.37. The Kier molecular flexibility index (Phi) is 2.28. The molecule has 2 heteroatoms. The second kappa shape index (κ2) is 3.78. The highest BCUT2D eigenvalue weighted by molar-refractivity contribution is 5.59. The summed E-state index contributed by atoms with van der Waals surface area (Å²) in [5.74, 6) is 1.42. The van der Waals surface area contributed by atoms with Crippen molar-refractivity contribution in [2.45, 2.75) is 33.1 Å². The fourth-order valence-corrected chi connectivity index (χ4v) is 1.49. The molecule has 0 aliphatic rings. The molecule has 0 radical (unpaired) electrons. The predicted octanol–water partition coefficient (Wildman–Crippen LogP) is 3.95. The van der Waals surface area contributed by atoms with Gasteiger partial charge in [0.25, 0.3) is 0 Å². The number of aryl methyl sites for hydroxylation is 1. The first-order valence-electron chi connectivity index (χ1n) is 6.08. The van der Waals surface area contributed by atoms with Crippen LogP contribution in [0, 0.1) is 6.90 Å². The van der Waals surface area contributed by atoms with Gasteiger partial charge in [0.1, 0.15) is 0 Å². The van der Waals surface area contributed by atoms with Crippen molar-refractivity contribution in [3.8, 4) is 11.3 Å². The van der Waals surface area contributed by atoms with E-state index in [0.717, 1.165) is 11.3 Å². The van der Waals surface area contributed by atoms with Gasteiger partial charge in [0, 0.05) is 12.3 Å². The summed E-state index contributed by atoms with van der Waals surface area (Å²) >= 11 is 0. The Bertz CT molecular complexity index is 497. The van der Waals surface area contributed by atoms with Gasteiger partial charge in [0.05, 0.1) is 5.69 Å². The molecule has 0 aliphatic heterocycles. The van der Waals surface area contributed by atoms with E-state index >= 15 is 0 Å². The van der Waals surface area contributed by atoms with Crippen molar-refractivity contribution in [3.63, 3.8) is 0 Å². The average molecular weight is 216 g/mol. The Morgan fingerprint density at radius 2 is 1.88 bits per heavy atom. The minimum atomic E-state index is -0.128. The van der Waals surface area contributed by atoms with Crippen LogP contribution in [0.2, 0.25) is 0 Å². The van der Waals surface area contributed by atoms with E-state index in [1.54, 1.807) is 0 Å². The molecule has 0 saturated heterocycles. The van der Waals surface area contributed by atoms with Gasteiger partial charge in [0.15, 0.2) is 5.76 Å². The van der Waals surface area contributed by atoms with Gasteiger partial charge in [-0.1, -0.05) is 51.1 Å². The van der Waals surface area contributed by atoms with Crippen LogP contribution in [0.5, 0.6) is 0 Å². The first kappa shape index (κ1) is 9.64. The molecular formula is C14H17NO. The molecule has 0 saturated carbocycles. The van der Waals surface area contributed by atoms with Gasteiger partial charge in [-0.2, -0.15) is 0 Å². The Balaban J connectivity index is 2.51. The number of oxazole rings is 1. The van der Waals surface area contributed by atoms with E-state index < -0.39 is 0 Å². The first-order chi connectivity index (χ1) is 8.02. The molecule has 0 amide bonds. The zero-order chi connectivity index (χ0) is 12.5. The Hall–Kier alpha value is -1.57. The monoisotopic (exact) mass is 216 g/mol. The minimum absolute atomic E-state index is 0.128. The number of rotatable bonds is 1. The van der Waals surface area contributed by atoms with Crippen molar-refractivity contribution < 1.29 is 5.79 Å². The van der Waals surface area contributed by atoms with E-state index in [2.05, 4.69) is 25.8 Å². The highest BCUT2D eigenvalue weighted by Crippen LogP contribution is 2.29. The lowest BCUT2D eigenvalue weighted by molar-refractivity contribution is 0.399. The summed E-state index contributed by atoms with van der Waals surface area (Å²) in [6.45, 7) is 6.31. The molecule has 2 nitrogen and oxygen atoms in total. The van der Waals surface area contributed by atoms with Crippen molar-refractivity contribution in [2.75, 3.05) is 0 Å². The molecule has 2 rings (SSSR count). The third kappa shape index (κ3) is 2.01. The number of hydrogen-bond acceptors (Lipinski definition) is 2. The lowest BCUT2D eigenvalue weighted by atomic mass is 9.97. The maximum absolute atomic E-state index is 7.53. The fraction of sp³-hybridized carbons (Fsp3) is 0.357. The summed E-state index contributed by atoms with van der Waals surface area (Å²) in [6, 6.07) is 9.84. The minimum Gasteiger partial charge on any atom is -0.440 e. The van der Waals surface area contributed by atoms with E-state index in [4.69, 9.17) is 5.79 Å². The maximum atomic E-state index is 7.53. The largest absolute Gasteiger partial charge is 0.440 e. The second-order valence-corrected chi connectivity index (χ2v) is 4.91. The summed E-state index contributed by atoms with van der Waals surface area (Å²) in [5.41, 5.74) is 1.57. The molecule has 1 aromatic carbocycles. The van der Waals surface area contributed by atoms with Gasteiger partial charge in [-0.3, -0.25) is 0 Å². The van der Waals surface area contributed by atoms with Gasteiger partial charge >= 0.3 is 0 Å². The topological polar surface area (TPSA) is 26.0 Å². The summed E-state index contributed by atoms with van der Waals surface area (Å²) < 4.78 is 13.4. The Labute approximate surface area is 97.7 Å². The lowest BCUT2D eigenvalue weighted by Gasteiger charge is -2.12. The summed E-state index contributed by atoms with van der Waals surface area (Å²) in [7, 11) is 0. The van der Waals surface area contributed by atoms with Crippen LogP contribution in [0.3, 0.4) is 0 Å². The van der Waals surface area contributed by atoms with Crippen molar-refractivity contribution in [1.82, 2.24) is 4.98 Å². The van der Waals surface area contributed by atoms with Crippen LogP contribution in [-0.4, -0.2) is 4.98 Å². The standard InChI is InChI=1S/C14H17NO/c1-10-12(11-8-6-5-7-9-11)16-13(15-10)14(2,3)4/h5-9H,1-4H3/i1D. The maximum Gasteiger partial charge on any atom is 0.200 e. The molecule has 1 heterocycles. The van der Waals surface area contributed by atoms with Crippen molar-refractivity contribution in [2.24, 2.45) is 0 Å². The number of hydrogen-bond donors (Lipinski definition) is 0. The van der Waals surface area contributed by atoms with Crippen molar-refractivity contribution in [3.05, 3.63) is 41.9 Å². The molecular weight excluding hydrogens is 198 g/mol. The third-order valence-electron chi connectivity index (χ3n) is 2.37. The molecule has 0 spiro atoms. The van der Waals surface area contributed by atoms with Gasteiger partial charge in [-0.15, -0.1) is 0 Å². The van der Waals surface area contributed by atoms with Crippen LogP contribution in [0.1, 0.15) is 33.7 Å². The highest BCUT2D eigenvalue weighted by atomic mass is 16.4. The lowest BCUT2D eigenvalue weighted by Crippen LogP contribution is -2.11. The predicted molar refractivity (Wildman–Crippen MR) is 65.4 cm³/mol. The molecule has 84 valence electrons. The first-order valence-corrected chi connectivity index (χ1v) is 5.37. The van der Waals surface area contributed by atoms with Crippen LogP contribution >= 0.6 is 0 Å². The smallest absolute Gasteiger partial charge is 0.200 e. The molecule has 0 atom stereocenters. The van der Waals surface area contributed by atoms with Crippen LogP contribution < -0.4 is 0 Å². The summed E-state index contributed by atoms with van der Waals surface area (Å²) in [5, 5.41) is 0. The zero-order valence-corrected chi connectivity index (χ0v) is 9.95. The quantitative estimate of drug-likeness (QED) is 0.721. The van der Waals surface area contributed by atoms with Gasteiger partial charge < -0.3 is 4.42 Å². The SMILES string of the molecule is [2H]Cc1nc(C(C)(C)C)oc1-c1ccccc1. The van der Waals surface area contributed by atoms with E-state index in [1.165, 1.54) is 0 Å². The molecule has 0 aliphatic carbocycles. The second-order valence-electron chi connectivity index (χ2n) is 4.91. The van der Waals surface area contributed by atoms with Gasteiger partial charge in [0.2, 0.25) is 5.89 Å². The van der Waals surface area contributed by atoms with Crippen molar-refractivity contribution >= 4 is 0 Å². The zero-order valence-electron chi connectivity index (χ0n) is 10.9. The van der Waals surface area contributed by atoms with Gasteiger partial charge in [-0.25, -0.2) is 4.98 Å². The number of nitrogens with zero attached hydrogens (tertiary/aromatic N) is 1. The number of aromatic nitrogens is 1. The molecule has 2 aromatic rings. The van der Waals surface area contributed by atoms with E-state index in [-0.39, 0.29) is 12.3 Å². The molecule has 0 unspecified atom stereocenters. The molecule has 0 N–H and O–H groups in total. The highest BCUT2D eigenvalue weighted by Gasteiger charge is 2.22. The summed E-state index contributed by atoms with van der Waals surface area (Å²) in [6.07, 6.45) is 0. The van der Waals surface area contributed by atoms with E-state index in [1.807, 2.05) is 30.3 Å². The summed E-state index contributed by atoms with van der Waals surface area (Å²) in [4.78, 5) is 4.42. The molecule has 1 aromatic heterocycles. The van der Waals surface area contributed by atoms with Crippen LogP contribution in [0.25, 0.3) is 11.3 Å². The van der Waals surface area contributed by atoms with Gasteiger partial charge in [-0.05, 0) is 6.90 Å². The van der Waals surface area contributed by atoms with Crippen molar-refractivity contribution in [1.29, 1.82) is 0 Å². The van der Waals surface area contributed by atoms with Crippen LogP contribution in [0.4, 0.5) is 0 Å². The Morgan fingerprint density at radius 1 is 1.19 bits per heavy atom. The average Bonchev–Trinajstić information content (AvgIpc) is 2.73. The normalized spacial score (nSPS) is 12.6. The number of benzene rings is 1. The molecule has 0 bridgehead atoms. The fourth-order valence-electron chi connectivity index (χ4n) is 1.49. The van der Waals surface area contributed by atoms with E-state index in [0.29, 0.717) is 11.6 Å².